The number of nitrogen functional groups attached to an aromatic ring is 1. The lowest BCUT2D eigenvalue weighted by molar-refractivity contribution is 0.304. The molecule has 2 aromatic carbocycles. The van der Waals surface area contributed by atoms with Gasteiger partial charge in [0.05, 0.1) is 5.69 Å². The predicted molar refractivity (Wildman–Crippen MR) is 75.8 cm³/mol. The third kappa shape index (κ3) is 3.05. The summed E-state index contributed by atoms with van der Waals surface area (Å²) in [6.07, 6.45) is 0. The predicted octanol–water partition coefficient (Wildman–Crippen LogP) is 3.91. The highest BCUT2D eigenvalue weighted by Crippen LogP contribution is 2.28. The van der Waals surface area contributed by atoms with Gasteiger partial charge in [0, 0.05) is 0 Å². The third-order valence-electron chi connectivity index (χ3n) is 3.13. The molecule has 0 unspecified atom stereocenters. The van der Waals surface area contributed by atoms with Gasteiger partial charge in [0.1, 0.15) is 18.2 Å². The summed E-state index contributed by atoms with van der Waals surface area (Å²) in [5.74, 6) is 0.423. The molecule has 0 spiro atoms. The molecular weight excluding hydrogens is 241 g/mol. The normalized spacial score (nSPS) is 10.5. The van der Waals surface area contributed by atoms with Crippen LogP contribution in [0.25, 0.3) is 0 Å². The number of rotatable bonds is 3. The molecule has 0 radical (unpaired) electrons. The first-order valence-electron chi connectivity index (χ1n) is 6.22. The Morgan fingerprint density at radius 1 is 1.05 bits per heavy atom. The van der Waals surface area contributed by atoms with Gasteiger partial charge in [-0.2, -0.15) is 0 Å². The number of hydrogen-bond acceptors (Lipinski definition) is 2. The fourth-order valence-electron chi connectivity index (χ4n) is 2.13. The number of ether oxygens (including phenoxy) is 1. The summed E-state index contributed by atoms with van der Waals surface area (Å²) in [6, 6.07) is 8.59. The number of hydrogen-bond donors (Lipinski definition) is 1. The fraction of sp³-hybridized carbons (Fsp3) is 0.250. The van der Waals surface area contributed by atoms with Gasteiger partial charge in [-0.25, -0.2) is 4.39 Å². The summed E-state index contributed by atoms with van der Waals surface area (Å²) in [6.45, 7) is 6.20. The zero-order valence-corrected chi connectivity index (χ0v) is 11.5. The van der Waals surface area contributed by atoms with Crippen LogP contribution >= 0.6 is 0 Å². The minimum atomic E-state index is -0.252. The number of anilines is 1. The molecule has 0 heterocycles. The van der Waals surface area contributed by atoms with Crippen molar-refractivity contribution < 1.29 is 9.13 Å². The molecule has 2 rings (SSSR count). The van der Waals surface area contributed by atoms with E-state index in [0.29, 0.717) is 18.0 Å². The Hall–Kier alpha value is -2.03. The van der Waals surface area contributed by atoms with Crippen LogP contribution in [-0.2, 0) is 6.61 Å². The molecule has 0 aromatic heterocycles. The van der Waals surface area contributed by atoms with E-state index in [-0.39, 0.29) is 5.82 Å². The molecule has 0 aliphatic rings. The maximum atomic E-state index is 13.2. The molecule has 0 saturated carbocycles. The van der Waals surface area contributed by atoms with Crippen molar-refractivity contribution in [2.45, 2.75) is 27.4 Å². The summed E-state index contributed by atoms with van der Waals surface area (Å²) < 4.78 is 19.0. The lowest BCUT2D eigenvalue weighted by Gasteiger charge is -2.14. The fourth-order valence-corrected chi connectivity index (χ4v) is 2.13. The first-order chi connectivity index (χ1) is 8.97. The number of nitrogens with two attached hydrogens (primary N) is 1. The summed E-state index contributed by atoms with van der Waals surface area (Å²) in [4.78, 5) is 0. The molecule has 0 bridgehead atoms. The van der Waals surface area contributed by atoms with Gasteiger partial charge in [-0.15, -0.1) is 0 Å². The first kappa shape index (κ1) is 13.4. The summed E-state index contributed by atoms with van der Waals surface area (Å²) >= 11 is 0. The zero-order chi connectivity index (χ0) is 14.0. The van der Waals surface area contributed by atoms with Gasteiger partial charge < -0.3 is 10.5 Å². The second-order valence-corrected chi connectivity index (χ2v) is 4.86. The number of benzene rings is 2. The SMILES string of the molecule is Cc1cc(C)c(OCc2cc(F)ccc2C)c(N)c1. The van der Waals surface area contributed by atoms with Crippen molar-refractivity contribution in [1.82, 2.24) is 0 Å². The summed E-state index contributed by atoms with van der Waals surface area (Å²) in [5.41, 5.74) is 10.5. The molecule has 100 valence electrons. The van der Waals surface area contributed by atoms with Crippen LogP contribution in [0.4, 0.5) is 10.1 Å². The van der Waals surface area contributed by atoms with Gasteiger partial charge in [0.15, 0.2) is 0 Å². The molecular formula is C16H18FNO. The van der Waals surface area contributed by atoms with E-state index in [9.17, 15) is 4.39 Å². The molecule has 19 heavy (non-hydrogen) atoms. The van der Waals surface area contributed by atoms with Crippen LogP contribution in [0, 0.1) is 26.6 Å². The highest BCUT2D eigenvalue weighted by Gasteiger charge is 2.07. The van der Waals surface area contributed by atoms with Gasteiger partial charge >= 0.3 is 0 Å². The highest BCUT2D eigenvalue weighted by molar-refractivity contribution is 5.58. The van der Waals surface area contributed by atoms with Crippen molar-refractivity contribution in [3.63, 3.8) is 0 Å². The molecule has 0 amide bonds. The second-order valence-electron chi connectivity index (χ2n) is 4.86. The Balaban J connectivity index is 2.21. The Bertz CT molecular complexity index is 585. The van der Waals surface area contributed by atoms with E-state index in [0.717, 1.165) is 22.3 Å². The van der Waals surface area contributed by atoms with Gasteiger partial charge in [-0.05, 0) is 61.2 Å². The average Bonchev–Trinajstić information content (AvgIpc) is 2.32. The lowest BCUT2D eigenvalue weighted by Crippen LogP contribution is -2.03. The molecule has 2 nitrogen and oxygen atoms in total. The maximum Gasteiger partial charge on any atom is 0.145 e. The van der Waals surface area contributed by atoms with E-state index in [4.69, 9.17) is 10.5 Å². The van der Waals surface area contributed by atoms with Gasteiger partial charge in [0.25, 0.3) is 0 Å². The van der Waals surface area contributed by atoms with Crippen molar-refractivity contribution in [2.24, 2.45) is 0 Å². The van der Waals surface area contributed by atoms with E-state index in [1.165, 1.54) is 12.1 Å². The van der Waals surface area contributed by atoms with Gasteiger partial charge in [0.2, 0.25) is 0 Å². The van der Waals surface area contributed by atoms with Crippen LogP contribution in [0.15, 0.2) is 30.3 Å². The standard InChI is InChI=1S/C16H18FNO/c1-10-6-12(3)16(15(18)7-10)19-9-13-8-14(17)5-4-11(13)2/h4-8H,9,18H2,1-3H3. The van der Waals surface area contributed by atoms with Crippen molar-refractivity contribution in [1.29, 1.82) is 0 Å². The van der Waals surface area contributed by atoms with Crippen molar-refractivity contribution in [3.8, 4) is 5.75 Å². The van der Waals surface area contributed by atoms with Gasteiger partial charge in [-0.3, -0.25) is 0 Å². The largest absolute Gasteiger partial charge is 0.486 e. The second kappa shape index (κ2) is 5.31. The van der Waals surface area contributed by atoms with Crippen LogP contribution in [0.2, 0.25) is 0 Å². The lowest BCUT2D eigenvalue weighted by atomic mass is 10.1. The van der Waals surface area contributed by atoms with E-state index < -0.39 is 0 Å². The molecule has 0 saturated heterocycles. The minimum absolute atomic E-state index is 0.252. The third-order valence-corrected chi connectivity index (χ3v) is 3.13. The molecule has 0 atom stereocenters. The van der Waals surface area contributed by atoms with E-state index in [2.05, 4.69) is 0 Å². The van der Waals surface area contributed by atoms with Crippen molar-refractivity contribution in [3.05, 3.63) is 58.4 Å². The first-order valence-corrected chi connectivity index (χ1v) is 6.22. The van der Waals surface area contributed by atoms with E-state index >= 15 is 0 Å². The smallest absolute Gasteiger partial charge is 0.145 e. The Morgan fingerprint density at radius 3 is 2.47 bits per heavy atom. The summed E-state index contributed by atoms with van der Waals surface area (Å²) in [7, 11) is 0. The average molecular weight is 259 g/mol. The van der Waals surface area contributed by atoms with Crippen LogP contribution < -0.4 is 10.5 Å². The Morgan fingerprint density at radius 2 is 1.79 bits per heavy atom. The molecule has 2 aromatic rings. The van der Waals surface area contributed by atoms with Crippen LogP contribution in [0.5, 0.6) is 5.75 Å². The monoisotopic (exact) mass is 259 g/mol. The molecule has 0 fully saturated rings. The van der Waals surface area contributed by atoms with Crippen LogP contribution in [-0.4, -0.2) is 0 Å². The number of aryl methyl sites for hydroxylation is 3. The topological polar surface area (TPSA) is 35.2 Å². The molecule has 0 aliphatic heterocycles. The van der Waals surface area contributed by atoms with Crippen LogP contribution in [0.1, 0.15) is 22.3 Å². The highest BCUT2D eigenvalue weighted by atomic mass is 19.1. The molecule has 2 N–H and O–H groups in total. The van der Waals surface area contributed by atoms with Crippen molar-refractivity contribution in [2.75, 3.05) is 5.73 Å². The molecule has 3 heteroatoms. The van der Waals surface area contributed by atoms with Gasteiger partial charge in [-0.1, -0.05) is 12.1 Å². The molecule has 0 aliphatic carbocycles. The zero-order valence-electron chi connectivity index (χ0n) is 11.5. The van der Waals surface area contributed by atoms with Crippen LogP contribution in [0.3, 0.4) is 0 Å². The van der Waals surface area contributed by atoms with Crippen molar-refractivity contribution >= 4 is 5.69 Å². The minimum Gasteiger partial charge on any atom is -0.486 e. The Kier molecular flexibility index (Phi) is 3.74. The number of halogens is 1. The maximum absolute atomic E-state index is 13.2. The quantitative estimate of drug-likeness (QED) is 0.848. The van der Waals surface area contributed by atoms with E-state index in [1.807, 2.05) is 32.9 Å². The summed E-state index contributed by atoms with van der Waals surface area (Å²) in [5, 5.41) is 0. The van der Waals surface area contributed by atoms with E-state index in [1.54, 1.807) is 6.07 Å². The Labute approximate surface area is 113 Å².